The molecule has 0 spiro atoms. The van der Waals surface area contributed by atoms with Crippen molar-refractivity contribution in [3.05, 3.63) is 46.1 Å². The van der Waals surface area contributed by atoms with Gasteiger partial charge >= 0.3 is 0 Å². The van der Waals surface area contributed by atoms with Crippen molar-refractivity contribution in [3.63, 3.8) is 0 Å². The van der Waals surface area contributed by atoms with E-state index in [0.29, 0.717) is 49.0 Å². The highest BCUT2D eigenvalue weighted by Crippen LogP contribution is 2.37. The van der Waals surface area contributed by atoms with Gasteiger partial charge in [0.2, 0.25) is 10.0 Å². The summed E-state index contributed by atoms with van der Waals surface area (Å²) in [5, 5.41) is 3.49. The van der Waals surface area contributed by atoms with E-state index in [0.717, 1.165) is 18.5 Å². The lowest BCUT2D eigenvalue weighted by molar-refractivity contribution is 0.0906. The normalized spacial score (nSPS) is 24.1. The number of carbonyl (C=O) groups is 1. The van der Waals surface area contributed by atoms with Crippen molar-refractivity contribution in [2.24, 2.45) is 0 Å². The fourth-order valence-corrected chi connectivity index (χ4v) is 6.60. The van der Waals surface area contributed by atoms with Crippen LogP contribution in [0.4, 0.5) is 17.2 Å². The first-order valence-electron chi connectivity index (χ1n) is 10.5. The van der Waals surface area contributed by atoms with Crippen LogP contribution < -0.4 is 14.5 Å². The van der Waals surface area contributed by atoms with Gasteiger partial charge in [-0.25, -0.2) is 13.4 Å². The van der Waals surface area contributed by atoms with Gasteiger partial charge in [0, 0.05) is 29.1 Å². The predicted octanol–water partition coefficient (Wildman–Crippen LogP) is 3.55. The zero-order valence-electron chi connectivity index (χ0n) is 17.1. The van der Waals surface area contributed by atoms with Crippen molar-refractivity contribution >= 4 is 56.3 Å². The van der Waals surface area contributed by atoms with E-state index in [-0.39, 0.29) is 22.2 Å². The van der Waals surface area contributed by atoms with Crippen LogP contribution in [0.1, 0.15) is 29.6 Å². The van der Waals surface area contributed by atoms with Crippen LogP contribution in [0.3, 0.4) is 0 Å². The topological polar surface area (TPSA) is 91.8 Å². The molecule has 170 valence electrons. The van der Waals surface area contributed by atoms with E-state index in [1.807, 2.05) is 12.1 Å². The Hall–Kier alpha value is -2.07. The lowest BCUT2D eigenvalue weighted by Gasteiger charge is -2.36. The first kappa shape index (κ1) is 21.8. The smallest absolute Gasteiger partial charge is 0.257 e. The number of pyridine rings is 1. The molecule has 1 amide bonds. The molecule has 0 aliphatic carbocycles. The van der Waals surface area contributed by atoms with Crippen LogP contribution in [-0.2, 0) is 14.8 Å². The van der Waals surface area contributed by atoms with Crippen LogP contribution in [0.5, 0.6) is 0 Å². The molecule has 0 saturated carbocycles. The largest absolute Gasteiger partial charge is 0.377 e. The second-order valence-corrected chi connectivity index (χ2v) is 11.1. The molecule has 11 heteroatoms. The van der Waals surface area contributed by atoms with E-state index >= 15 is 0 Å². The second kappa shape index (κ2) is 8.37. The first-order valence-corrected chi connectivity index (χ1v) is 12.8. The SMILES string of the molecule is O=C(Nc1cc(Cl)cc(N2C3CCC2COC3)c1)c1cc(N2CCCS2(=O)=O)ncc1Cl. The molecule has 3 fully saturated rings. The molecule has 2 atom stereocenters. The van der Waals surface area contributed by atoms with Gasteiger partial charge in [-0.3, -0.25) is 9.10 Å². The number of fused-ring (bicyclic) bond motifs is 2. The van der Waals surface area contributed by atoms with Crippen LogP contribution in [0, 0.1) is 0 Å². The predicted molar refractivity (Wildman–Crippen MR) is 125 cm³/mol. The second-order valence-electron chi connectivity index (χ2n) is 8.25. The summed E-state index contributed by atoms with van der Waals surface area (Å²) in [6.07, 6.45) is 3.94. The molecule has 2 aromatic rings. The minimum absolute atomic E-state index is 0.0632. The Morgan fingerprint density at radius 1 is 1.12 bits per heavy atom. The number of hydrogen-bond acceptors (Lipinski definition) is 6. The average molecular weight is 497 g/mol. The standard InChI is InChI=1S/C21H22Cl2N4O4S/c22-13-6-14(8-17(7-13)27-15-2-3-16(27)12-31-11-15)25-21(28)18-9-20(24-10-19(18)23)26-4-1-5-32(26,29)30/h6-10,15-16H,1-5,11-12H2,(H,25,28). The summed E-state index contributed by atoms with van der Waals surface area (Å²) < 4.78 is 31.3. The Kier molecular flexibility index (Phi) is 5.69. The number of halogens is 2. The van der Waals surface area contributed by atoms with Gasteiger partial charge < -0.3 is 15.0 Å². The third-order valence-corrected chi connectivity index (χ3v) is 8.48. The zero-order chi connectivity index (χ0) is 22.5. The molecule has 3 saturated heterocycles. The molecule has 0 radical (unpaired) electrons. The zero-order valence-corrected chi connectivity index (χ0v) is 19.5. The lowest BCUT2D eigenvalue weighted by Crippen LogP contribution is -2.45. The number of aromatic nitrogens is 1. The highest BCUT2D eigenvalue weighted by molar-refractivity contribution is 7.93. The van der Waals surface area contributed by atoms with Crippen molar-refractivity contribution in [1.82, 2.24) is 4.98 Å². The summed E-state index contributed by atoms with van der Waals surface area (Å²) in [6.45, 7) is 1.69. The number of morpholine rings is 1. The summed E-state index contributed by atoms with van der Waals surface area (Å²) in [6, 6.07) is 7.47. The summed E-state index contributed by atoms with van der Waals surface area (Å²) in [4.78, 5) is 19.5. The molecule has 2 unspecified atom stereocenters. The Labute approximate surface area is 196 Å². The maximum Gasteiger partial charge on any atom is 0.257 e. The number of ether oxygens (including phenoxy) is 1. The van der Waals surface area contributed by atoms with Gasteiger partial charge in [0.25, 0.3) is 5.91 Å². The van der Waals surface area contributed by atoms with Gasteiger partial charge in [0.15, 0.2) is 0 Å². The number of nitrogens with one attached hydrogen (secondary N) is 1. The van der Waals surface area contributed by atoms with Crippen LogP contribution in [0.2, 0.25) is 10.0 Å². The Morgan fingerprint density at radius 2 is 1.88 bits per heavy atom. The van der Waals surface area contributed by atoms with Gasteiger partial charge in [0.05, 0.1) is 41.6 Å². The average Bonchev–Trinajstić information content (AvgIpc) is 3.22. The molecule has 1 N–H and O–H groups in total. The maximum absolute atomic E-state index is 13.0. The summed E-state index contributed by atoms with van der Waals surface area (Å²) in [5.74, 6) is -0.213. The molecule has 1 aromatic carbocycles. The summed E-state index contributed by atoms with van der Waals surface area (Å²) in [5.41, 5.74) is 1.62. The maximum atomic E-state index is 13.0. The molecule has 3 aliphatic rings. The Balaban J connectivity index is 1.41. The van der Waals surface area contributed by atoms with Crippen LogP contribution in [0.25, 0.3) is 0 Å². The molecular weight excluding hydrogens is 475 g/mol. The van der Waals surface area contributed by atoms with E-state index in [4.69, 9.17) is 27.9 Å². The van der Waals surface area contributed by atoms with Crippen LogP contribution in [-0.4, -0.2) is 56.9 Å². The summed E-state index contributed by atoms with van der Waals surface area (Å²) in [7, 11) is -3.42. The van der Waals surface area contributed by atoms with E-state index < -0.39 is 15.9 Å². The quantitative estimate of drug-likeness (QED) is 0.695. The minimum Gasteiger partial charge on any atom is -0.377 e. The van der Waals surface area contributed by atoms with E-state index in [1.54, 1.807) is 6.07 Å². The Bertz CT molecular complexity index is 1160. The molecule has 5 rings (SSSR count). The molecule has 8 nitrogen and oxygen atoms in total. The number of anilines is 3. The number of hydrogen-bond donors (Lipinski definition) is 1. The number of rotatable bonds is 4. The molecule has 2 bridgehead atoms. The number of benzene rings is 1. The summed E-state index contributed by atoms with van der Waals surface area (Å²) >= 11 is 12.6. The van der Waals surface area contributed by atoms with E-state index in [9.17, 15) is 13.2 Å². The van der Waals surface area contributed by atoms with E-state index in [1.165, 1.54) is 16.6 Å². The minimum atomic E-state index is -3.42. The fraction of sp³-hybridized carbons (Fsp3) is 0.429. The molecule has 4 heterocycles. The van der Waals surface area contributed by atoms with Gasteiger partial charge in [-0.05, 0) is 43.5 Å². The van der Waals surface area contributed by atoms with Crippen LogP contribution in [0.15, 0.2) is 30.5 Å². The number of carbonyl (C=O) groups excluding carboxylic acids is 1. The first-order chi connectivity index (χ1) is 15.3. The van der Waals surface area contributed by atoms with Gasteiger partial charge in [-0.15, -0.1) is 0 Å². The van der Waals surface area contributed by atoms with Crippen molar-refractivity contribution in [3.8, 4) is 0 Å². The van der Waals surface area contributed by atoms with Gasteiger partial charge in [0.1, 0.15) is 5.82 Å². The van der Waals surface area contributed by atoms with Crippen molar-refractivity contribution in [2.75, 3.05) is 40.0 Å². The molecule has 3 aliphatic heterocycles. The fourth-order valence-electron chi connectivity index (χ4n) is 4.68. The third-order valence-electron chi connectivity index (χ3n) is 6.12. The highest BCUT2D eigenvalue weighted by Gasteiger charge is 2.37. The van der Waals surface area contributed by atoms with Gasteiger partial charge in [-0.1, -0.05) is 23.2 Å². The number of sulfonamides is 1. The van der Waals surface area contributed by atoms with Crippen molar-refractivity contribution in [2.45, 2.75) is 31.3 Å². The lowest BCUT2D eigenvalue weighted by atomic mass is 10.1. The highest BCUT2D eigenvalue weighted by atomic mass is 35.5. The molecular formula is C21H22Cl2N4O4S. The molecule has 32 heavy (non-hydrogen) atoms. The third kappa shape index (κ3) is 4.03. The van der Waals surface area contributed by atoms with Crippen molar-refractivity contribution in [1.29, 1.82) is 0 Å². The van der Waals surface area contributed by atoms with Crippen LogP contribution >= 0.6 is 23.2 Å². The van der Waals surface area contributed by atoms with E-state index in [2.05, 4.69) is 15.2 Å². The van der Waals surface area contributed by atoms with Crippen molar-refractivity contribution < 1.29 is 17.9 Å². The monoisotopic (exact) mass is 496 g/mol. The number of amides is 1. The Morgan fingerprint density at radius 3 is 2.56 bits per heavy atom. The number of nitrogens with zero attached hydrogens (tertiary/aromatic N) is 3. The molecule has 1 aromatic heterocycles. The van der Waals surface area contributed by atoms with Gasteiger partial charge in [-0.2, -0.15) is 0 Å².